The minimum absolute atomic E-state index is 0.0444. The van der Waals surface area contributed by atoms with Crippen LogP contribution in [0.4, 0.5) is 13.6 Å². The van der Waals surface area contributed by atoms with Crippen molar-refractivity contribution in [2.75, 3.05) is 7.05 Å². The molecular formula is C19H16F2N4O3S. The zero-order valence-corrected chi connectivity index (χ0v) is 16.3. The molecule has 10 heteroatoms. The van der Waals surface area contributed by atoms with Gasteiger partial charge in [0.05, 0.1) is 5.69 Å². The molecular weight excluding hydrogens is 402 g/mol. The lowest BCUT2D eigenvalue weighted by atomic mass is 10.3. The summed E-state index contributed by atoms with van der Waals surface area (Å²) in [7, 11) is 1.65. The van der Waals surface area contributed by atoms with Gasteiger partial charge in [-0.2, -0.15) is 4.99 Å². The fourth-order valence-electron chi connectivity index (χ4n) is 2.81. The van der Waals surface area contributed by atoms with Gasteiger partial charge in [-0.15, -0.1) is 20.1 Å². The van der Waals surface area contributed by atoms with Gasteiger partial charge in [-0.1, -0.05) is 6.07 Å². The fourth-order valence-corrected chi connectivity index (χ4v) is 3.63. The van der Waals surface area contributed by atoms with Gasteiger partial charge >= 0.3 is 12.3 Å². The Morgan fingerprint density at radius 2 is 2.10 bits per heavy atom. The Labute approximate surface area is 168 Å². The van der Waals surface area contributed by atoms with Gasteiger partial charge in [0.25, 0.3) is 0 Å². The van der Waals surface area contributed by atoms with Crippen molar-refractivity contribution in [3.8, 4) is 17.2 Å². The fraction of sp³-hybridized carbons (Fsp3) is 0.211. The molecule has 1 aliphatic rings. The van der Waals surface area contributed by atoms with Crippen molar-refractivity contribution in [3.63, 3.8) is 0 Å². The molecule has 0 N–H and O–H groups in total. The van der Waals surface area contributed by atoms with E-state index in [0.29, 0.717) is 17.0 Å². The molecule has 3 aromatic rings. The Morgan fingerprint density at radius 3 is 2.86 bits per heavy atom. The molecule has 0 aliphatic carbocycles. The number of alkyl halides is 2. The van der Waals surface area contributed by atoms with Crippen LogP contribution in [0.25, 0.3) is 5.69 Å². The van der Waals surface area contributed by atoms with E-state index in [1.807, 2.05) is 13.0 Å². The molecule has 4 rings (SSSR count). The number of fused-ring (bicyclic) bond motifs is 1. The van der Waals surface area contributed by atoms with Crippen LogP contribution in [0, 0.1) is 6.92 Å². The van der Waals surface area contributed by atoms with Crippen molar-refractivity contribution in [1.82, 2.24) is 14.5 Å². The maximum absolute atomic E-state index is 13.3. The molecule has 150 valence electrons. The number of aryl methyl sites for hydroxylation is 1. The maximum atomic E-state index is 13.3. The minimum Gasteiger partial charge on any atom is -0.395 e. The van der Waals surface area contributed by atoms with Crippen LogP contribution in [-0.4, -0.2) is 33.8 Å². The van der Waals surface area contributed by atoms with E-state index in [9.17, 15) is 13.6 Å². The van der Waals surface area contributed by atoms with Crippen molar-refractivity contribution in [3.05, 3.63) is 64.2 Å². The summed E-state index contributed by atoms with van der Waals surface area (Å²) in [5.41, 5.74) is 1.40. The Hall–Kier alpha value is -3.27. The first-order valence-corrected chi connectivity index (χ1v) is 9.40. The van der Waals surface area contributed by atoms with Crippen molar-refractivity contribution in [2.24, 2.45) is 4.99 Å². The number of pyridine rings is 1. The zero-order valence-electron chi connectivity index (χ0n) is 15.5. The van der Waals surface area contributed by atoms with Crippen molar-refractivity contribution in [2.45, 2.75) is 19.8 Å². The SMILES string of the molecule is Cc1cn(-c2ccc3c(c2)OC(F)(F)O3)/c(=N/C(=O)N(C)Cc2cccnc2)s1. The zero-order chi connectivity index (χ0) is 20.6. The predicted octanol–water partition coefficient (Wildman–Crippen LogP) is 3.72. The number of hydrogen-bond donors (Lipinski definition) is 0. The van der Waals surface area contributed by atoms with Gasteiger partial charge in [-0.3, -0.25) is 9.55 Å². The highest BCUT2D eigenvalue weighted by Gasteiger charge is 2.43. The molecule has 0 saturated carbocycles. The molecule has 3 heterocycles. The first-order valence-electron chi connectivity index (χ1n) is 8.59. The Morgan fingerprint density at radius 1 is 1.31 bits per heavy atom. The molecule has 29 heavy (non-hydrogen) atoms. The van der Waals surface area contributed by atoms with Crippen molar-refractivity contribution in [1.29, 1.82) is 0 Å². The van der Waals surface area contributed by atoms with Gasteiger partial charge in [0.2, 0.25) is 0 Å². The quantitative estimate of drug-likeness (QED) is 0.650. The standard InChI is InChI=1S/C19H16F2N4O3S/c1-12-10-25(14-5-6-15-16(8-14)28-19(20,21)27-15)18(29-12)23-17(26)24(2)11-13-4-3-7-22-9-13/h3-10H,11H2,1-2H3/b23-18-. The van der Waals surface area contributed by atoms with Crippen LogP contribution in [0.3, 0.4) is 0 Å². The van der Waals surface area contributed by atoms with Gasteiger partial charge in [0.1, 0.15) is 0 Å². The molecule has 1 aliphatic heterocycles. The molecule has 1 aromatic carbocycles. The molecule has 2 aromatic heterocycles. The second kappa shape index (κ2) is 7.28. The summed E-state index contributed by atoms with van der Waals surface area (Å²) in [4.78, 5) is 23.6. The summed E-state index contributed by atoms with van der Waals surface area (Å²) in [5.74, 6) is -0.119. The van der Waals surface area contributed by atoms with Crippen molar-refractivity contribution >= 4 is 17.4 Å². The third-order valence-electron chi connectivity index (χ3n) is 4.09. The summed E-state index contributed by atoms with van der Waals surface area (Å²) in [5, 5.41) is 0. The van der Waals surface area contributed by atoms with Gasteiger partial charge in [0.15, 0.2) is 16.3 Å². The van der Waals surface area contributed by atoms with Crippen LogP contribution >= 0.6 is 11.3 Å². The van der Waals surface area contributed by atoms with E-state index in [4.69, 9.17) is 0 Å². The lowest BCUT2D eigenvalue weighted by molar-refractivity contribution is -0.286. The van der Waals surface area contributed by atoms with Crippen molar-refractivity contribution < 1.29 is 23.0 Å². The van der Waals surface area contributed by atoms with Gasteiger partial charge in [0, 0.05) is 43.1 Å². The molecule has 2 amide bonds. The number of benzene rings is 1. The van der Waals surface area contributed by atoms with E-state index in [-0.39, 0.29) is 11.5 Å². The molecule has 0 bridgehead atoms. The maximum Gasteiger partial charge on any atom is 0.586 e. The number of amides is 2. The third kappa shape index (κ3) is 4.11. The Balaban J connectivity index is 1.63. The van der Waals surface area contributed by atoms with Crippen LogP contribution in [0.2, 0.25) is 0 Å². The normalized spacial score (nSPS) is 14.8. The van der Waals surface area contributed by atoms with Crippen LogP contribution in [0.5, 0.6) is 11.5 Å². The number of rotatable bonds is 3. The van der Waals surface area contributed by atoms with Crippen LogP contribution < -0.4 is 14.3 Å². The van der Waals surface area contributed by atoms with Gasteiger partial charge in [-0.05, 0) is 30.7 Å². The highest BCUT2D eigenvalue weighted by atomic mass is 32.1. The monoisotopic (exact) mass is 418 g/mol. The van der Waals surface area contributed by atoms with E-state index >= 15 is 0 Å². The number of hydrogen-bond acceptors (Lipinski definition) is 5. The number of ether oxygens (including phenoxy) is 2. The molecule has 0 spiro atoms. The molecule has 0 saturated heterocycles. The van der Waals surface area contributed by atoms with Crippen LogP contribution in [-0.2, 0) is 6.54 Å². The summed E-state index contributed by atoms with van der Waals surface area (Å²) in [6.45, 7) is 2.23. The Bertz CT molecular complexity index is 1130. The van der Waals surface area contributed by atoms with E-state index in [1.165, 1.54) is 28.4 Å². The number of nitrogens with zero attached hydrogens (tertiary/aromatic N) is 4. The molecule has 0 radical (unpaired) electrons. The van der Waals surface area contributed by atoms with Gasteiger partial charge < -0.3 is 14.4 Å². The molecule has 0 unspecified atom stereocenters. The summed E-state index contributed by atoms with van der Waals surface area (Å²) >= 11 is 1.31. The number of aromatic nitrogens is 2. The average Bonchev–Trinajstić information content (AvgIpc) is 3.19. The largest absolute Gasteiger partial charge is 0.586 e. The van der Waals surface area contributed by atoms with Crippen LogP contribution in [0.1, 0.15) is 10.4 Å². The number of halogens is 2. The summed E-state index contributed by atoms with van der Waals surface area (Å²) in [6, 6.07) is 7.64. The predicted molar refractivity (Wildman–Crippen MR) is 101 cm³/mol. The third-order valence-corrected chi connectivity index (χ3v) is 4.99. The van der Waals surface area contributed by atoms with Gasteiger partial charge in [-0.25, -0.2) is 4.79 Å². The minimum atomic E-state index is -3.69. The lowest BCUT2D eigenvalue weighted by Crippen LogP contribution is -2.26. The highest BCUT2D eigenvalue weighted by molar-refractivity contribution is 7.09. The number of carbonyl (C=O) groups excluding carboxylic acids is 1. The average molecular weight is 418 g/mol. The highest BCUT2D eigenvalue weighted by Crippen LogP contribution is 2.41. The number of thiazole rings is 1. The molecule has 7 nitrogen and oxygen atoms in total. The van der Waals surface area contributed by atoms with E-state index < -0.39 is 12.3 Å². The van der Waals surface area contributed by atoms with Crippen LogP contribution in [0.15, 0.2) is 53.9 Å². The smallest absolute Gasteiger partial charge is 0.395 e. The first-order chi connectivity index (χ1) is 13.8. The summed E-state index contributed by atoms with van der Waals surface area (Å²) < 4.78 is 37.1. The molecule has 0 fully saturated rings. The number of carbonyl (C=O) groups is 1. The molecule has 0 atom stereocenters. The topological polar surface area (TPSA) is 69.0 Å². The second-order valence-electron chi connectivity index (χ2n) is 6.40. The lowest BCUT2D eigenvalue weighted by Gasteiger charge is -2.13. The van der Waals surface area contributed by atoms with E-state index in [2.05, 4.69) is 19.5 Å². The Kier molecular flexibility index (Phi) is 4.79. The first kappa shape index (κ1) is 19.1. The number of urea groups is 1. The van der Waals surface area contributed by atoms with E-state index in [1.54, 1.807) is 42.3 Å². The van der Waals surface area contributed by atoms with E-state index in [0.717, 1.165) is 10.4 Å². The summed E-state index contributed by atoms with van der Waals surface area (Å²) in [6.07, 6.45) is 1.43. The second-order valence-corrected chi connectivity index (χ2v) is 7.62.